The second-order valence-electron chi connectivity index (χ2n) is 4.79. The SMILES string of the molecule is CC(C)Cc1ccc(CNCc2ccco2)[nH]1. The van der Waals surface area contributed by atoms with Gasteiger partial charge >= 0.3 is 0 Å². The molecule has 0 bridgehead atoms. The molecule has 2 heterocycles. The summed E-state index contributed by atoms with van der Waals surface area (Å²) in [7, 11) is 0. The molecule has 0 aliphatic carbocycles. The first-order chi connectivity index (χ1) is 8.24. The fraction of sp³-hybridized carbons (Fsp3) is 0.429. The van der Waals surface area contributed by atoms with Crippen LogP contribution in [0.25, 0.3) is 0 Å². The van der Waals surface area contributed by atoms with Crippen molar-refractivity contribution >= 4 is 0 Å². The summed E-state index contributed by atoms with van der Waals surface area (Å²) in [6, 6.07) is 8.20. The molecule has 0 fully saturated rings. The van der Waals surface area contributed by atoms with Crippen LogP contribution >= 0.6 is 0 Å². The molecule has 0 atom stereocenters. The molecule has 2 aromatic heterocycles. The van der Waals surface area contributed by atoms with Gasteiger partial charge in [-0.1, -0.05) is 13.8 Å². The molecule has 3 heteroatoms. The first-order valence-corrected chi connectivity index (χ1v) is 6.14. The summed E-state index contributed by atoms with van der Waals surface area (Å²) in [4.78, 5) is 3.43. The van der Waals surface area contributed by atoms with Crippen LogP contribution in [0.1, 0.15) is 31.0 Å². The molecule has 0 saturated carbocycles. The maximum absolute atomic E-state index is 5.26. The third kappa shape index (κ3) is 3.79. The molecular formula is C14H20N2O. The number of hydrogen-bond donors (Lipinski definition) is 2. The van der Waals surface area contributed by atoms with Gasteiger partial charge in [-0.15, -0.1) is 0 Å². The predicted molar refractivity (Wildman–Crippen MR) is 68.6 cm³/mol. The van der Waals surface area contributed by atoms with Gasteiger partial charge in [-0.05, 0) is 36.6 Å². The van der Waals surface area contributed by atoms with Gasteiger partial charge in [0.05, 0.1) is 12.8 Å². The van der Waals surface area contributed by atoms with Gasteiger partial charge in [0, 0.05) is 17.9 Å². The van der Waals surface area contributed by atoms with Crippen LogP contribution < -0.4 is 5.32 Å². The van der Waals surface area contributed by atoms with Crippen LogP contribution in [0.15, 0.2) is 34.9 Å². The van der Waals surface area contributed by atoms with Crippen LogP contribution in [-0.4, -0.2) is 4.98 Å². The number of aromatic amines is 1. The highest BCUT2D eigenvalue weighted by Gasteiger charge is 2.01. The Kier molecular flexibility index (Phi) is 4.04. The van der Waals surface area contributed by atoms with E-state index in [-0.39, 0.29) is 0 Å². The highest BCUT2D eigenvalue weighted by molar-refractivity contribution is 5.13. The molecule has 2 aromatic rings. The maximum atomic E-state index is 5.26. The van der Waals surface area contributed by atoms with Crippen molar-refractivity contribution in [1.82, 2.24) is 10.3 Å². The van der Waals surface area contributed by atoms with Crippen LogP contribution in [0, 0.1) is 5.92 Å². The topological polar surface area (TPSA) is 41.0 Å². The molecule has 0 radical (unpaired) electrons. The molecule has 3 nitrogen and oxygen atoms in total. The van der Waals surface area contributed by atoms with E-state index in [0.717, 1.165) is 25.3 Å². The van der Waals surface area contributed by atoms with E-state index in [1.54, 1.807) is 6.26 Å². The van der Waals surface area contributed by atoms with Crippen molar-refractivity contribution in [3.63, 3.8) is 0 Å². The molecule has 0 amide bonds. The van der Waals surface area contributed by atoms with Gasteiger partial charge in [-0.25, -0.2) is 0 Å². The molecule has 0 aliphatic rings. The predicted octanol–water partition coefficient (Wildman–Crippen LogP) is 3.10. The van der Waals surface area contributed by atoms with Gasteiger partial charge in [0.25, 0.3) is 0 Å². The largest absolute Gasteiger partial charge is 0.468 e. The Morgan fingerprint density at radius 2 is 2.00 bits per heavy atom. The molecule has 0 aromatic carbocycles. The number of H-pyrrole nitrogens is 1. The number of hydrogen-bond acceptors (Lipinski definition) is 2. The average Bonchev–Trinajstić information content (AvgIpc) is 2.89. The summed E-state index contributed by atoms with van der Waals surface area (Å²) in [6.07, 6.45) is 2.81. The molecule has 17 heavy (non-hydrogen) atoms. The lowest BCUT2D eigenvalue weighted by molar-refractivity contribution is 0.482. The second kappa shape index (κ2) is 5.73. The highest BCUT2D eigenvalue weighted by atomic mass is 16.3. The molecule has 0 spiro atoms. The zero-order valence-corrected chi connectivity index (χ0v) is 10.5. The highest BCUT2D eigenvalue weighted by Crippen LogP contribution is 2.08. The van der Waals surface area contributed by atoms with Crippen molar-refractivity contribution in [3.05, 3.63) is 47.7 Å². The van der Waals surface area contributed by atoms with Crippen molar-refractivity contribution < 1.29 is 4.42 Å². The molecular weight excluding hydrogens is 212 g/mol. The van der Waals surface area contributed by atoms with Crippen LogP contribution in [0.4, 0.5) is 0 Å². The van der Waals surface area contributed by atoms with Gasteiger partial charge in [0.2, 0.25) is 0 Å². The van der Waals surface area contributed by atoms with Gasteiger partial charge in [0.1, 0.15) is 5.76 Å². The van der Waals surface area contributed by atoms with Crippen molar-refractivity contribution in [2.75, 3.05) is 0 Å². The third-order valence-electron chi connectivity index (χ3n) is 2.63. The summed E-state index contributed by atoms with van der Waals surface area (Å²) in [5.41, 5.74) is 2.54. The Bertz CT molecular complexity index is 429. The van der Waals surface area contributed by atoms with E-state index in [1.807, 2.05) is 12.1 Å². The Hall–Kier alpha value is -1.48. The zero-order valence-electron chi connectivity index (χ0n) is 10.5. The van der Waals surface area contributed by atoms with E-state index in [2.05, 4.69) is 36.3 Å². The summed E-state index contributed by atoms with van der Waals surface area (Å²) in [6.45, 7) is 6.08. The van der Waals surface area contributed by atoms with Gasteiger partial charge < -0.3 is 14.7 Å². The number of nitrogens with one attached hydrogen (secondary N) is 2. The Morgan fingerprint density at radius 1 is 1.18 bits per heavy atom. The monoisotopic (exact) mass is 232 g/mol. The first-order valence-electron chi connectivity index (χ1n) is 6.14. The van der Waals surface area contributed by atoms with E-state index in [0.29, 0.717) is 5.92 Å². The van der Waals surface area contributed by atoms with Gasteiger partial charge in [-0.2, -0.15) is 0 Å². The number of furan rings is 1. The van der Waals surface area contributed by atoms with Crippen LogP contribution in [0.5, 0.6) is 0 Å². The standard InChI is InChI=1S/C14H20N2O/c1-11(2)8-12-5-6-13(16-12)9-15-10-14-4-3-7-17-14/h3-7,11,15-16H,8-10H2,1-2H3. The molecule has 2 N–H and O–H groups in total. The summed E-state index contributed by atoms with van der Waals surface area (Å²) < 4.78 is 5.26. The lowest BCUT2D eigenvalue weighted by Gasteiger charge is -2.02. The minimum atomic E-state index is 0.692. The molecule has 0 aliphatic heterocycles. The van der Waals surface area contributed by atoms with Crippen molar-refractivity contribution in [2.45, 2.75) is 33.4 Å². The normalized spacial score (nSPS) is 11.2. The van der Waals surface area contributed by atoms with E-state index in [9.17, 15) is 0 Å². The van der Waals surface area contributed by atoms with E-state index >= 15 is 0 Å². The van der Waals surface area contributed by atoms with Crippen molar-refractivity contribution in [1.29, 1.82) is 0 Å². The maximum Gasteiger partial charge on any atom is 0.117 e. The Labute approximate surface area is 102 Å². The van der Waals surface area contributed by atoms with Crippen molar-refractivity contribution in [3.8, 4) is 0 Å². The van der Waals surface area contributed by atoms with Crippen LogP contribution in [0.3, 0.4) is 0 Å². The number of aromatic nitrogens is 1. The lowest BCUT2D eigenvalue weighted by atomic mass is 10.1. The summed E-state index contributed by atoms with van der Waals surface area (Å²) >= 11 is 0. The first kappa shape index (κ1) is 12.0. The van der Waals surface area contributed by atoms with E-state index in [1.165, 1.54) is 11.4 Å². The Morgan fingerprint density at radius 3 is 2.71 bits per heavy atom. The van der Waals surface area contributed by atoms with Gasteiger partial charge in [0.15, 0.2) is 0 Å². The van der Waals surface area contributed by atoms with E-state index in [4.69, 9.17) is 4.42 Å². The molecule has 92 valence electrons. The van der Waals surface area contributed by atoms with Crippen LogP contribution in [0.2, 0.25) is 0 Å². The zero-order chi connectivity index (χ0) is 12.1. The second-order valence-corrected chi connectivity index (χ2v) is 4.79. The quantitative estimate of drug-likeness (QED) is 0.803. The fourth-order valence-electron chi connectivity index (χ4n) is 1.89. The number of rotatable bonds is 6. The van der Waals surface area contributed by atoms with Gasteiger partial charge in [-0.3, -0.25) is 0 Å². The molecule has 2 rings (SSSR count). The fourth-order valence-corrected chi connectivity index (χ4v) is 1.89. The van der Waals surface area contributed by atoms with E-state index < -0.39 is 0 Å². The average molecular weight is 232 g/mol. The summed E-state index contributed by atoms with van der Waals surface area (Å²) in [5, 5.41) is 3.35. The molecule has 0 saturated heterocycles. The van der Waals surface area contributed by atoms with Crippen LogP contribution in [-0.2, 0) is 19.5 Å². The third-order valence-corrected chi connectivity index (χ3v) is 2.63. The summed E-state index contributed by atoms with van der Waals surface area (Å²) in [5.74, 6) is 1.66. The van der Waals surface area contributed by atoms with Crippen molar-refractivity contribution in [2.24, 2.45) is 5.92 Å². The minimum Gasteiger partial charge on any atom is -0.468 e. The molecule has 0 unspecified atom stereocenters. The Balaban J connectivity index is 1.77. The lowest BCUT2D eigenvalue weighted by Crippen LogP contribution is -2.12. The smallest absolute Gasteiger partial charge is 0.117 e. The minimum absolute atomic E-state index is 0.692.